The van der Waals surface area contributed by atoms with Crippen molar-refractivity contribution in [2.45, 2.75) is 6.42 Å². The third kappa shape index (κ3) is 4.35. The van der Waals surface area contributed by atoms with E-state index in [1.165, 1.54) is 0 Å². The number of pyridine rings is 1. The van der Waals surface area contributed by atoms with E-state index in [9.17, 15) is 4.79 Å². The summed E-state index contributed by atoms with van der Waals surface area (Å²) in [6.45, 7) is 0. The maximum Gasteiger partial charge on any atom is 0.228 e. The lowest BCUT2D eigenvalue weighted by molar-refractivity contribution is -0.115. The summed E-state index contributed by atoms with van der Waals surface area (Å²) in [5.41, 5.74) is 4.87. The van der Waals surface area contributed by atoms with E-state index in [1.54, 1.807) is 18.6 Å². The number of nitrogens with zero attached hydrogens (tertiary/aromatic N) is 4. The number of H-pyrrole nitrogens is 1. The Hall–Kier alpha value is -5.11. The monoisotopic (exact) mass is 471 g/mol. The third-order valence-corrected chi connectivity index (χ3v) is 5.84. The standard InChI is InChI=1S/C28H21N7O/c36-26(14-18-6-5-13-29-16-18)32-24-9-3-1-7-21(24)28-33-25-10-4-2-8-22(25)27(34-28)31-20-11-12-23-19(15-20)17-30-35-23/h1-13,15-17H,14H2,(H,30,35)(H,32,36)(H,31,33,34). The summed E-state index contributed by atoms with van der Waals surface area (Å²) in [5.74, 6) is 1.05. The van der Waals surface area contributed by atoms with E-state index in [1.807, 2.05) is 78.9 Å². The fourth-order valence-corrected chi connectivity index (χ4v) is 4.12. The second kappa shape index (κ2) is 9.27. The van der Waals surface area contributed by atoms with Crippen LogP contribution in [0.5, 0.6) is 0 Å². The Kier molecular flexibility index (Phi) is 5.51. The van der Waals surface area contributed by atoms with Gasteiger partial charge >= 0.3 is 0 Å². The van der Waals surface area contributed by atoms with E-state index in [0.29, 0.717) is 17.3 Å². The van der Waals surface area contributed by atoms with Crippen molar-refractivity contribution in [3.63, 3.8) is 0 Å². The molecule has 6 aromatic rings. The second-order valence-electron chi connectivity index (χ2n) is 8.34. The number of anilines is 3. The highest BCUT2D eigenvalue weighted by molar-refractivity contribution is 5.97. The smallest absolute Gasteiger partial charge is 0.228 e. The molecular weight excluding hydrogens is 450 g/mol. The van der Waals surface area contributed by atoms with Crippen LogP contribution < -0.4 is 10.6 Å². The van der Waals surface area contributed by atoms with Crippen LogP contribution in [-0.2, 0) is 11.2 Å². The third-order valence-electron chi connectivity index (χ3n) is 5.84. The number of benzene rings is 3. The SMILES string of the molecule is O=C(Cc1cccnc1)Nc1ccccc1-c1nc(Nc2ccc3[nH]ncc3c2)c2ccccc2n1. The molecular formula is C28H21N7O. The average Bonchev–Trinajstić information content (AvgIpc) is 3.37. The van der Waals surface area contributed by atoms with Gasteiger partial charge in [0.05, 0.1) is 29.3 Å². The Balaban J connectivity index is 1.37. The van der Waals surface area contributed by atoms with Crippen molar-refractivity contribution in [3.05, 3.63) is 103 Å². The molecule has 0 saturated carbocycles. The van der Waals surface area contributed by atoms with E-state index in [2.05, 4.69) is 25.8 Å². The molecule has 0 aliphatic rings. The van der Waals surface area contributed by atoms with Gasteiger partial charge < -0.3 is 10.6 Å². The highest BCUT2D eigenvalue weighted by Gasteiger charge is 2.15. The highest BCUT2D eigenvalue weighted by atomic mass is 16.1. The lowest BCUT2D eigenvalue weighted by Crippen LogP contribution is -2.15. The Morgan fingerprint density at radius 3 is 2.69 bits per heavy atom. The zero-order valence-corrected chi connectivity index (χ0v) is 19.1. The first kappa shape index (κ1) is 21.4. The van der Waals surface area contributed by atoms with Crippen LogP contribution in [-0.4, -0.2) is 31.1 Å². The van der Waals surface area contributed by atoms with Crippen LogP contribution in [0.4, 0.5) is 17.2 Å². The predicted octanol–water partition coefficient (Wildman–Crippen LogP) is 5.49. The van der Waals surface area contributed by atoms with Crippen molar-refractivity contribution in [2.75, 3.05) is 10.6 Å². The molecule has 3 aromatic heterocycles. The van der Waals surface area contributed by atoms with Crippen molar-refractivity contribution in [1.82, 2.24) is 25.1 Å². The summed E-state index contributed by atoms with van der Waals surface area (Å²) in [6, 6.07) is 25.1. The first-order chi connectivity index (χ1) is 17.7. The molecule has 0 unspecified atom stereocenters. The van der Waals surface area contributed by atoms with E-state index in [-0.39, 0.29) is 12.3 Å². The van der Waals surface area contributed by atoms with Crippen LogP contribution in [0.15, 0.2) is 97.5 Å². The molecule has 1 amide bonds. The van der Waals surface area contributed by atoms with Crippen molar-refractivity contribution < 1.29 is 4.79 Å². The highest BCUT2D eigenvalue weighted by Crippen LogP contribution is 2.31. The summed E-state index contributed by atoms with van der Waals surface area (Å²) >= 11 is 0. The molecule has 0 aliphatic carbocycles. The fraction of sp³-hybridized carbons (Fsp3) is 0.0357. The van der Waals surface area contributed by atoms with E-state index < -0.39 is 0 Å². The van der Waals surface area contributed by atoms with Crippen LogP contribution in [0.25, 0.3) is 33.2 Å². The van der Waals surface area contributed by atoms with E-state index in [0.717, 1.165) is 38.6 Å². The van der Waals surface area contributed by atoms with Crippen molar-refractivity contribution in [1.29, 1.82) is 0 Å². The Labute approximate surface area is 206 Å². The Morgan fingerprint density at radius 1 is 0.889 bits per heavy atom. The maximum atomic E-state index is 12.8. The van der Waals surface area contributed by atoms with Crippen molar-refractivity contribution in [2.24, 2.45) is 0 Å². The van der Waals surface area contributed by atoms with Crippen LogP contribution in [0.3, 0.4) is 0 Å². The lowest BCUT2D eigenvalue weighted by Gasteiger charge is -2.14. The molecule has 8 nitrogen and oxygen atoms in total. The normalized spacial score (nSPS) is 11.0. The number of rotatable bonds is 6. The molecule has 174 valence electrons. The van der Waals surface area contributed by atoms with Gasteiger partial charge in [-0.3, -0.25) is 14.9 Å². The number of para-hydroxylation sites is 2. The minimum atomic E-state index is -0.136. The number of carbonyl (C=O) groups excluding carboxylic acids is 1. The molecule has 36 heavy (non-hydrogen) atoms. The van der Waals surface area contributed by atoms with Crippen LogP contribution in [0, 0.1) is 0 Å². The predicted molar refractivity (Wildman–Crippen MR) is 141 cm³/mol. The van der Waals surface area contributed by atoms with Gasteiger partial charge in [0, 0.05) is 34.4 Å². The minimum Gasteiger partial charge on any atom is -0.340 e. The zero-order valence-electron chi connectivity index (χ0n) is 19.1. The number of nitrogens with one attached hydrogen (secondary N) is 3. The number of hydrogen-bond donors (Lipinski definition) is 3. The molecule has 0 aliphatic heterocycles. The van der Waals surface area contributed by atoms with Crippen molar-refractivity contribution in [3.8, 4) is 11.4 Å². The molecule has 0 fully saturated rings. The summed E-state index contributed by atoms with van der Waals surface area (Å²) in [6.07, 6.45) is 5.39. The number of hydrogen-bond acceptors (Lipinski definition) is 6. The minimum absolute atomic E-state index is 0.136. The van der Waals surface area contributed by atoms with Gasteiger partial charge in [-0.05, 0) is 54.1 Å². The first-order valence-electron chi connectivity index (χ1n) is 11.5. The average molecular weight is 472 g/mol. The summed E-state index contributed by atoms with van der Waals surface area (Å²) in [7, 11) is 0. The van der Waals surface area contributed by atoms with Gasteiger partial charge in [0.2, 0.25) is 5.91 Å². The molecule has 3 aromatic carbocycles. The summed E-state index contributed by atoms with van der Waals surface area (Å²) in [5, 5.41) is 15.4. The second-order valence-corrected chi connectivity index (χ2v) is 8.34. The van der Waals surface area contributed by atoms with Crippen LogP contribution >= 0.6 is 0 Å². The zero-order chi connectivity index (χ0) is 24.3. The lowest BCUT2D eigenvalue weighted by atomic mass is 10.1. The first-order valence-corrected chi connectivity index (χ1v) is 11.5. The molecule has 0 atom stereocenters. The Bertz CT molecular complexity index is 1700. The molecule has 0 bridgehead atoms. The van der Waals surface area contributed by atoms with E-state index in [4.69, 9.17) is 9.97 Å². The van der Waals surface area contributed by atoms with Crippen LogP contribution in [0.1, 0.15) is 5.56 Å². The molecule has 6 rings (SSSR count). The largest absolute Gasteiger partial charge is 0.340 e. The number of aromatic amines is 1. The number of aromatic nitrogens is 5. The molecule has 8 heteroatoms. The number of carbonyl (C=O) groups is 1. The van der Waals surface area contributed by atoms with Gasteiger partial charge in [-0.2, -0.15) is 5.10 Å². The molecule has 3 heterocycles. The molecule has 0 saturated heterocycles. The van der Waals surface area contributed by atoms with Gasteiger partial charge in [-0.1, -0.05) is 30.3 Å². The van der Waals surface area contributed by atoms with Gasteiger partial charge in [-0.25, -0.2) is 9.97 Å². The van der Waals surface area contributed by atoms with Crippen LogP contribution in [0.2, 0.25) is 0 Å². The topological polar surface area (TPSA) is 108 Å². The quantitative estimate of drug-likeness (QED) is 0.296. The molecule has 3 N–H and O–H groups in total. The van der Waals surface area contributed by atoms with Gasteiger partial charge in [0.15, 0.2) is 5.82 Å². The summed E-state index contributed by atoms with van der Waals surface area (Å²) < 4.78 is 0. The van der Waals surface area contributed by atoms with Gasteiger partial charge in [0.1, 0.15) is 5.82 Å². The number of amides is 1. The number of fused-ring (bicyclic) bond motifs is 2. The van der Waals surface area contributed by atoms with Gasteiger partial charge in [0.25, 0.3) is 0 Å². The summed E-state index contributed by atoms with van der Waals surface area (Å²) in [4.78, 5) is 26.5. The van der Waals surface area contributed by atoms with E-state index >= 15 is 0 Å². The van der Waals surface area contributed by atoms with Crippen molar-refractivity contribution >= 4 is 44.9 Å². The molecule has 0 radical (unpaired) electrons. The maximum absolute atomic E-state index is 12.8. The van der Waals surface area contributed by atoms with Gasteiger partial charge in [-0.15, -0.1) is 0 Å². The fourth-order valence-electron chi connectivity index (χ4n) is 4.12. The Morgan fingerprint density at radius 2 is 1.78 bits per heavy atom. The molecule has 0 spiro atoms.